The Bertz CT molecular complexity index is 1310. The number of imide groups is 1. The number of carbonyl (C=O) groups excluding carboxylic acids is 4. The Labute approximate surface area is 201 Å². The highest BCUT2D eigenvalue weighted by Crippen LogP contribution is 2.28. The van der Waals surface area contributed by atoms with Crippen LogP contribution in [-0.2, 0) is 27.5 Å². The largest absolute Gasteiger partial charge is 0.444 e. The maximum Gasteiger partial charge on any atom is 0.412 e. The molecule has 2 N–H and O–H groups in total. The molecule has 2 aromatic carbocycles. The third-order valence-corrected chi connectivity index (χ3v) is 6.04. The number of rotatable bonds is 5. The van der Waals surface area contributed by atoms with Gasteiger partial charge in [0.15, 0.2) is 0 Å². The Morgan fingerprint density at radius 1 is 1.09 bits per heavy atom. The third kappa shape index (κ3) is 4.74. The highest BCUT2D eigenvalue weighted by atomic mass is 16.5. The number of aromatic nitrogens is 1. The lowest BCUT2D eigenvalue weighted by Gasteiger charge is -2.29. The molecule has 1 saturated heterocycles. The lowest BCUT2D eigenvalue weighted by atomic mass is 10.0. The van der Waals surface area contributed by atoms with E-state index in [0.717, 1.165) is 16.8 Å². The Morgan fingerprint density at radius 3 is 2.66 bits per heavy atom. The summed E-state index contributed by atoms with van der Waals surface area (Å²) in [6.07, 6.45) is 1.43. The predicted molar refractivity (Wildman–Crippen MR) is 126 cm³/mol. The monoisotopic (exact) mass is 470 g/mol. The van der Waals surface area contributed by atoms with E-state index in [4.69, 9.17) is 4.74 Å². The molecule has 1 atom stereocenters. The molecule has 35 heavy (non-hydrogen) atoms. The first-order valence-electron chi connectivity index (χ1n) is 11.2. The second kappa shape index (κ2) is 9.38. The van der Waals surface area contributed by atoms with Gasteiger partial charge in [-0.1, -0.05) is 42.5 Å². The van der Waals surface area contributed by atoms with E-state index in [9.17, 15) is 19.2 Å². The van der Waals surface area contributed by atoms with Crippen LogP contribution in [0, 0.1) is 0 Å². The van der Waals surface area contributed by atoms with E-state index in [1.807, 2.05) is 36.4 Å². The van der Waals surface area contributed by atoms with Crippen molar-refractivity contribution >= 4 is 29.5 Å². The number of anilines is 1. The molecule has 1 fully saturated rings. The van der Waals surface area contributed by atoms with Gasteiger partial charge in [-0.15, -0.1) is 0 Å². The molecule has 176 valence electrons. The molecule has 0 bridgehead atoms. The molecule has 0 saturated carbocycles. The number of fused-ring (bicyclic) bond motifs is 1. The summed E-state index contributed by atoms with van der Waals surface area (Å²) in [4.78, 5) is 54.6. The summed E-state index contributed by atoms with van der Waals surface area (Å²) in [6, 6.07) is 17.8. The minimum absolute atomic E-state index is 0.0274. The number of pyridine rings is 1. The van der Waals surface area contributed by atoms with Gasteiger partial charge < -0.3 is 9.64 Å². The Balaban J connectivity index is 1.18. The molecule has 9 nitrogen and oxygen atoms in total. The first-order valence-corrected chi connectivity index (χ1v) is 11.2. The maximum absolute atomic E-state index is 12.9. The molecular weight excluding hydrogens is 448 g/mol. The van der Waals surface area contributed by atoms with Gasteiger partial charge in [-0.3, -0.25) is 30.0 Å². The van der Waals surface area contributed by atoms with Crippen molar-refractivity contribution in [1.82, 2.24) is 15.2 Å². The number of nitrogens with zero attached hydrogens (tertiary/aromatic N) is 2. The van der Waals surface area contributed by atoms with Crippen molar-refractivity contribution in [3.63, 3.8) is 0 Å². The first kappa shape index (κ1) is 22.3. The molecule has 0 spiro atoms. The number of benzene rings is 2. The van der Waals surface area contributed by atoms with Gasteiger partial charge in [-0.25, -0.2) is 4.79 Å². The van der Waals surface area contributed by atoms with Crippen LogP contribution in [0.2, 0.25) is 0 Å². The quantitative estimate of drug-likeness (QED) is 0.553. The van der Waals surface area contributed by atoms with Crippen LogP contribution in [0.1, 0.15) is 34.3 Å². The van der Waals surface area contributed by atoms with E-state index in [-0.39, 0.29) is 24.8 Å². The topological polar surface area (TPSA) is 118 Å². The molecule has 3 aromatic rings. The van der Waals surface area contributed by atoms with Gasteiger partial charge in [-0.2, -0.15) is 0 Å². The molecule has 5 rings (SSSR count). The third-order valence-electron chi connectivity index (χ3n) is 6.04. The summed E-state index contributed by atoms with van der Waals surface area (Å²) in [6.45, 7) is 0.272. The van der Waals surface area contributed by atoms with E-state index >= 15 is 0 Å². The van der Waals surface area contributed by atoms with E-state index in [0.29, 0.717) is 29.8 Å². The molecule has 1 aromatic heterocycles. The summed E-state index contributed by atoms with van der Waals surface area (Å²) < 4.78 is 5.31. The van der Waals surface area contributed by atoms with Crippen LogP contribution >= 0.6 is 0 Å². The van der Waals surface area contributed by atoms with Crippen molar-refractivity contribution in [2.75, 3.05) is 5.32 Å². The summed E-state index contributed by atoms with van der Waals surface area (Å²) >= 11 is 0. The van der Waals surface area contributed by atoms with E-state index in [1.165, 1.54) is 4.90 Å². The molecule has 0 aliphatic carbocycles. The van der Waals surface area contributed by atoms with Crippen molar-refractivity contribution in [1.29, 1.82) is 0 Å². The molecule has 2 aliphatic rings. The van der Waals surface area contributed by atoms with Crippen LogP contribution in [0.15, 0.2) is 66.9 Å². The van der Waals surface area contributed by atoms with Crippen molar-refractivity contribution in [2.24, 2.45) is 0 Å². The number of carbonyl (C=O) groups is 4. The smallest absolute Gasteiger partial charge is 0.412 e. The van der Waals surface area contributed by atoms with Crippen LogP contribution in [0.4, 0.5) is 10.5 Å². The van der Waals surface area contributed by atoms with Gasteiger partial charge in [0.1, 0.15) is 12.6 Å². The number of nitrogens with one attached hydrogen (secondary N) is 2. The lowest BCUT2D eigenvalue weighted by Crippen LogP contribution is -2.52. The van der Waals surface area contributed by atoms with Gasteiger partial charge in [0.25, 0.3) is 5.91 Å². The molecular formula is C26H22N4O5. The second-order valence-corrected chi connectivity index (χ2v) is 8.39. The minimum Gasteiger partial charge on any atom is -0.444 e. The van der Waals surface area contributed by atoms with Gasteiger partial charge in [0, 0.05) is 24.1 Å². The SMILES string of the molecule is O=C1CCC(N2Cc3ccc(COC(=O)Nc4ccc(-c5ccccc5)nc4)cc3C2=O)C(=O)N1. The van der Waals surface area contributed by atoms with Crippen LogP contribution in [0.5, 0.6) is 0 Å². The van der Waals surface area contributed by atoms with Crippen LogP contribution in [-0.4, -0.2) is 39.7 Å². The van der Waals surface area contributed by atoms with Crippen LogP contribution < -0.4 is 10.6 Å². The van der Waals surface area contributed by atoms with Crippen molar-refractivity contribution < 1.29 is 23.9 Å². The van der Waals surface area contributed by atoms with E-state index < -0.39 is 18.0 Å². The van der Waals surface area contributed by atoms with Crippen LogP contribution in [0.3, 0.4) is 0 Å². The number of amides is 4. The van der Waals surface area contributed by atoms with Gasteiger partial charge >= 0.3 is 6.09 Å². The van der Waals surface area contributed by atoms with Gasteiger partial charge in [0.05, 0.1) is 17.6 Å². The summed E-state index contributed by atoms with van der Waals surface area (Å²) in [5.74, 6) is -1.05. The van der Waals surface area contributed by atoms with Crippen LogP contribution in [0.25, 0.3) is 11.3 Å². The van der Waals surface area contributed by atoms with Gasteiger partial charge in [-0.05, 0) is 35.7 Å². The summed E-state index contributed by atoms with van der Waals surface area (Å²) in [5, 5.41) is 4.93. The lowest BCUT2D eigenvalue weighted by molar-refractivity contribution is -0.136. The summed E-state index contributed by atoms with van der Waals surface area (Å²) in [5.41, 5.74) is 4.17. The molecule has 4 amide bonds. The Kier molecular flexibility index (Phi) is 5.97. The predicted octanol–water partition coefficient (Wildman–Crippen LogP) is 3.26. The zero-order valence-corrected chi connectivity index (χ0v) is 18.7. The fraction of sp³-hybridized carbons (Fsp3) is 0.192. The fourth-order valence-corrected chi connectivity index (χ4v) is 4.24. The van der Waals surface area contributed by atoms with Crippen molar-refractivity contribution in [2.45, 2.75) is 32.0 Å². The summed E-state index contributed by atoms with van der Waals surface area (Å²) in [7, 11) is 0. The van der Waals surface area contributed by atoms with E-state index in [2.05, 4.69) is 15.6 Å². The standard InChI is InChI=1S/C26H22N4O5/c31-23-11-10-22(24(32)29-23)30-14-18-7-6-16(12-20(18)25(30)33)15-35-26(34)28-19-8-9-21(27-13-19)17-4-2-1-3-5-17/h1-9,12-13,22H,10-11,14-15H2,(H,28,34)(H,29,31,32). The number of hydrogen-bond acceptors (Lipinski definition) is 6. The molecule has 1 unspecified atom stereocenters. The second-order valence-electron chi connectivity index (χ2n) is 8.39. The number of ether oxygens (including phenoxy) is 1. The minimum atomic E-state index is -0.667. The highest BCUT2D eigenvalue weighted by Gasteiger charge is 2.39. The Hall–Kier alpha value is -4.53. The molecule has 2 aliphatic heterocycles. The van der Waals surface area contributed by atoms with Crippen molar-refractivity contribution in [3.8, 4) is 11.3 Å². The highest BCUT2D eigenvalue weighted by molar-refractivity contribution is 6.05. The van der Waals surface area contributed by atoms with Crippen molar-refractivity contribution in [3.05, 3.63) is 83.6 Å². The zero-order valence-electron chi connectivity index (χ0n) is 18.7. The Morgan fingerprint density at radius 2 is 1.91 bits per heavy atom. The normalized spacial score (nSPS) is 17.1. The fourth-order valence-electron chi connectivity index (χ4n) is 4.24. The molecule has 0 radical (unpaired) electrons. The maximum atomic E-state index is 12.9. The number of piperidine rings is 1. The molecule has 9 heteroatoms. The number of hydrogen-bond donors (Lipinski definition) is 2. The first-order chi connectivity index (χ1) is 17.0. The molecule has 3 heterocycles. The zero-order chi connectivity index (χ0) is 24.4. The average Bonchev–Trinajstić information content (AvgIpc) is 3.19. The van der Waals surface area contributed by atoms with E-state index in [1.54, 1.807) is 30.5 Å². The van der Waals surface area contributed by atoms with Gasteiger partial charge in [0.2, 0.25) is 11.8 Å². The average molecular weight is 470 g/mol.